The number of rotatable bonds is 6. The van der Waals surface area contributed by atoms with Crippen LogP contribution in [0.25, 0.3) is 11.1 Å². The van der Waals surface area contributed by atoms with Gasteiger partial charge in [0.25, 0.3) is 5.91 Å². The molecule has 0 atom stereocenters. The first kappa shape index (κ1) is 22.2. The smallest absolute Gasteiger partial charge is 0.255 e. The lowest BCUT2D eigenvalue weighted by Crippen LogP contribution is -2.40. The Morgan fingerprint density at radius 1 is 0.882 bits per heavy atom. The Bertz CT molecular complexity index is 1290. The minimum Gasteiger partial charge on any atom is -0.497 e. The fourth-order valence-electron chi connectivity index (χ4n) is 4.81. The van der Waals surface area contributed by atoms with Gasteiger partial charge in [-0.05, 0) is 64.9 Å². The predicted octanol–water partition coefficient (Wildman–Crippen LogP) is 6.83. The summed E-state index contributed by atoms with van der Waals surface area (Å²) in [5, 5.41) is 0.555. The molecule has 0 aromatic heterocycles. The van der Waals surface area contributed by atoms with Crippen molar-refractivity contribution in [3.05, 3.63) is 124 Å². The molecule has 0 spiro atoms. The summed E-state index contributed by atoms with van der Waals surface area (Å²) in [5.41, 5.74) is 6.17. The Morgan fingerprint density at radius 2 is 1.59 bits per heavy atom. The summed E-state index contributed by atoms with van der Waals surface area (Å²) in [6.45, 7) is 0.495. The third-order valence-electron chi connectivity index (χ3n) is 6.51. The van der Waals surface area contributed by atoms with E-state index in [4.69, 9.17) is 16.3 Å². The van der Waals surface area contributed by atoms with Crippen LogP contribution in [0.3, 0.4) is 0 Å². The highest BCUT2D eigenvalue weighted by Gasteiger charge is 2.31. The first-order valence-corrected chi connectivity index (χ1v) is 11.9. The second kappa shape index (κ2) is 9.74. The summed E-state index contributed by atoms with van der Waals surface area (Å²) in [7, 11) is 1.66. The molecular formula is C30H26ClNO2. The first-order valence-electron chi connectivity index (χ1n) is 11.5. The SMILES string of the molecule is COc1cccc(CN(C(=O)c2cc(Cl)ccc2-c2ccccc2)C2Cc3ccccc3C2)c1. The topological polar surface area (TPSA) is 29.5 Å². The normalized spacial score (nSPS) is 12.9. The molecular weight excluding hydrogens is 442 g/mol. The van der Waals surface area contributed by atoms with E-state index in [1.54, 1.807) is 13.2 Å². The summed E-state index contributed by atoms with van der Waals surface area (Å²) in [6, 6.07) is 32.1. The predicted molar refractivity (Wildman–Crippen MR) is 137 cm³/mol. The molecule has 0 radical (unpaired) electrons. The zero-order valence-electron chi connectivity index (χ0n) is 19.1. The van der Waals surface area contributed by atoms with Crippen molar-refractivity contribution < 1.29 is 9.53 Å². The average molecular weight is 468 g/mol. The minimum absolute atomic E-state index is 0.0121. The lowest BCUT2D eigenvalue weighted by Gasteiger charge is -2.30. The van der Waals surface area contributed by atoms with Crippen molar-refractivity contribution in [2.45, 2.75) is 25.4 Å². The molecule has 170 valence electrons. The molecule has 0 heterocycles. The zero-order chi connectivity index (χ0) is 23.5. The quantitative estimate of drug-likeness (QED) is 0.311. The standard InChI is InChI=1S/C30H26ClNO2/c1-34-27-13-7-8-21(16-27)20-32(26-17-23-11-5-6-12-24(23)18-26)30(33)29-19-25(31)14-15-28(29)22-9-3-2-4-10-22/h2-16,19,26H,17-18,20H2,1H3. The summed E-state index contributed by atoms with van der Waals surface area (Å²) in [6.07, 6.45) is 1.68. The van der Waals surface area contributed by atoms with E-state index in [2.05, 4.69) is 24.3 Å². The second-order valence-corrected chi connectivity index (χ2v) is 9.11. The van der Waals surface area contributed by atoms with Gasteiger partial charge in [-0.3, -0.25) is 4.79 Å². The van der Waals surface area contributed by atoms with Gasteiger partial charge in [0.05, 0.1) is 7.11 Å². The van der Waals surface area contributed by atoms with Crippen molar-refractivity contribution in [3.8, 4) is 16.9 Å². The van der Waals surface area contributed by atoms with Gasteiger partial charge in [-0.2, -0.15) is 0 Å². The van der Waals surface area contributed by atoms with Crippen molar-refractivity contribution in [3.63, 3.8) is 0 Å². The summed E-state index contributed by atoms with van der Waals surface area (Å²) in [4.78, 5) is 16.2. The number of benzene rings is 4. The molecule has 0 saturated heterocycles. The largest absolute Gasteiger partial charge is 0.497 e. The van der Waals surface area contributed by atoms with Gasteiger partial charge in [-0.1, -0.05) is 84.4 Å². The van der Waals surface area contributed by atoms with E-state index in [1.165, 1.54) is 11.1 Å². The van der Waals surface area contributed by atoms with Crippen LogP contribution in [-0.2, 0) is 19.4 Å². The van der Waals surface area contributed by atoms with E-state index in [0.717, 1.165) is 35.3 Å². The summed E-state index contributed by atoms with van der Waals surface area (Å²) < 4.78 is 5.43. The monoisotopic (exact) mass is 467 g/mol. The lowest BCUT2D eigenvalue weighted by molar-refractivity contribution is 0.0668. The molecule has 0 N–H and O–H groups in total. The van der Waals surface area contributed by atoms with Gasteiger partial charge in [0.15, 0.2) is 0 Å². The van der Waals surface area contributed by atoms with E-state index >= 15 is 0 Å². The van der Waals surface area contributed by atoms with E-state index in [0.29, 0.717) is 17.1 Å². The van der Waals surface area contributed by atoms with Gasteiger partial charge in [-0.15, -0.1) is 0 Å². The van der Waals surface area contributed by atoms with Crippen LogP contribution < -0.4 is 4.74 Å². The highest BCUT2D eigenvalue weighted by molar-refractivity contribution is 6.31. The number of halogens is 1. The number of carbonyl (C=O) groups is 1. The van der Waals surface area contributed by atoms with Crippen molar-refractivity contribution in [2.75, 3.05) is 7.11 Å². The molecule has 4 heteroatoms. The van der Waals surface area contributed by atoms with Crippen molar-refractivity contribution in [1.29, 1.82) is 0 Å². The molecule has 1 aliphatic carbocycles. The molecule has 5 rings (SSSR count). The fraction of sp³-hybridized carbons (Fsp3) is 0.167. The Hall–Kier alpha value is -3.56. The number of hydrogen-bond donors (Lipinski definition) is 0. The van der Waals surface area contributed by atoms with Crippen LogP contribution in [0.5, 0.6) is 5.75 Å². The van der Waals surface area contributed by atoms with Gasteiger partial charge >= 0.3 is 0 Å². The zero-order valence-corrected chi connectivity index (χ0v) is 19.8. The number of ether oxygens (including phenoxy) is 1. The molecule has 0 bridgehead atoms. The molecule has 0 fully saturated rings. The Labute approximate surface area is 205 Å². The van der Waals surface area contributed by atoms with E-state index in [-0.39, 0.29) is 11.9 Å². The van der Waals surface area contributed by atoms with Crippen LogP contribution in [0.1, 0.15) is 27.0 Å². The third-order valence-corrected chi connectivity index (χ3v) is 6.75. The molecule has 4 aromatic carbocycles. The lowest BCUT2D eigenvalue weighted by atomic mass is 9.97. The van der Waals surface area contributed by atoms with Gasteiger partial charge in [0, 0.05) is 23.2 Å². The highest BCUT2D eigenvalue weighted by Crippen LogP contribution is 2.32. The number of hydrogen-bond acceptors (Lipinski definition) is 2. The number of fused-ring (bicyclic) bond motifs is 1. The molecule has 1 amide bonds. The molecule has 0 unspecified atom stereocenters. The van der Waals surface area contributed by atoms with Crippen molar-refractivity contribution in [1.82, 2.24) is 4.90 Å². The maximum Gasteiger partial charge on any atom is 0.255 e. The van der Waals surface area contributed by atoms with E-state index < -0.39 is 0 Å². The number of amides is 1. The minimum atomic E-state index is -0.0121. The van der Waals surface area contributed by atoms with Crippen LogP contribution in [0.2, 0.25) is 5.02 Å². The van der Waals surface area contributed by atoms with Gasteiger partial charge in [0.2, 0.25) is 0 Å². The maximum atomic E-state index is 14.2. The Balaban J connectivity index is 1.55. The van der Waals surface area contributed by atoms with Crippen LogP contribution in [0.15, 0.2) is 97.1 Å². The molecule has 4 aromatic rings. The van der Waals surface area contributed by atoms with Gasteiger partial charge < -0.3 is 9.64 Å². The van der Waals surface area contributed by atoms with E-state index in [9.17, 15) is 4.79 Å². The molecule has 0 aliphatic heterocycles. The van der Waals surface area contributed by atoms with Crippen LogP contribution in [0.4, 0.5) is 0 Å². The van der Waals surface area contributed by atoms with Crippen molar-refractivity contribution >= 4 is 17.5 Å². The number of nitrogens with zero attached hydrogens (tertiary/aromatic N) is 1. The van der Waals surface area contributed by atoms with Gasteiger partial charge in [0.1, 0.15) is 5.75 Å². The fourth-order valence-corrected chi connectivity index (χ4v) is 4.98. The number of methoxy groups -OCH3 is 1. The molecule has 34 heavy (non-hydrogen) atoms. The number of carbonyl (C=O) groups excluding carboxylic acids is 1. The average Bonchev–Trinajstić information content (AvgIpc) is 3.31. The Kier molecular flexibility index (Phi) is 6.37. The third kappa shape index (κ3) is 4.57. The molecule has 1 aliphatic rings. The Morgan fingerprint density at radius 3 is 2.29 bits per heavy atom. The van der Waals surface area contributed by atoms with Crippen LogP contribution >= 0.6 is 11.6 Å². The summed E-state index contributed by atoms with van der Waals surface area (Å²) >= 11 is 6.40. The second-order valence-electron chi connectivity index (χ2n) is 8.67. The van der Waals surface area contributed by atoms with Crippen LogP contribution in [-0.4, -0.2) is 24.0 Å². The summed E-state index contributed by atoms with van der Waals surface area (Å²) in [5.74, 6) is 0.773. The molecule has 3 nitrogen and oxygen atoms in total. The first-order chi connectivity index (χ1) is 16.6. The maximum absolute atomic E-state index is 14.2. The molecule has 0 saturated carbocycles. The van der Waals surface area contributed by atoms with E-state index in [1.807, 2.05) is 71.6 Å². The highest BCUT2D eigenvalue weighted by atomic mass is 35.5. The van der Waals surface area contributed by atoms with Gasteiger partial charge in [-0.25, -0.2) is 0 Å². The van der Waals surface area contributed by atoms with Crippen LogP contribution in [0, 0.1) is 0 Å². The van der Waals surface area contributed by atoms with Crippen molar-refractivity contribution in [2.24, 2.45) is 0 Å².